The normalized spacial score (nSPS) is 19.1. The van der Waals surface area contributed by atoms with Gasteiger partial charge in [-0.15, -0.1) is 0 Å². The number of sulfonamides is 2. The summed E-state index contributed by atoms with van der Waals surface area (Å²) in [7, 11) is -7.09. The van der Waals surface area contributed by atoms with Crippen LogP contribution in [0.15, 0.2) is 58.3 Å². The Balaban J connectivity index is 1.34. The van der Waals surface area contributed by atoms with Crippen LogP contribution in [0.5, 0.6) is 0 Å². The summed E-state index contributed by atoms with van der Waals surface area (Å²) in [4.78, 5) is 13.2. The molecule has 4 rings (SSSR count). The number of rotatable bonds is 6. The van der Waals surface area contributed by atoms with Crippen molar-refractivity contribution in [1.82, 2.24) is 8.61 Å². The lowest BCUT2D eigenvalue weighted by Gasteiger charge is -2.30. The van der Waals surface area contributed by atoms with Gasteiger partial charge in [-0.1, -0.05) is 24.1 Å². The summed E-state index contributed by atoms with van der Waals surface area (Å²) < 4.78 is 54.2. The first-order chi connectivity index (χ1) is 16.2. The maximum Gasteiger partial charge on any atom is 0.243 e. The number of nitrogens with zero attached hydrogens (tertiary/aromatic N) is 2. The molecule has 2 aliphatic rings. The topological polar surface area (TPSA) is 104 Å². The molecule has 0 radical (unpaired) electrons. The van der Waals surface area contributed by atoms with Crippen molar-refractivity contribution in [2.24, 2.45) is 5.92 Å². The van der Waals surface area contributed by atoms with Gasteiger partial charge in [0.1, 0.15) is 0 Å². The van der Waals surface area contributed by atoms with E-state index in [1.165, 1.54) is 20.7 Å². The largest absolute Gasteiger partial charge is 0.326 e. The van der Waals surface area contributed by atoms with E-state index in [-0.39, 0.29) is 34.7 Å². The predicted octanol–water partition coefficient (Wildman–Crippen LogP) is 3.21. The molecule has 184 valence electrons. The van der Waals surface area contributed by atoms with Crippen molar-refractivity contribution in [3.63, 3.8) is 0 Å². The number of piperidine rings is 2. The second-order valence-corrected chi connectivity index (χ2v) is 12.8. The van der Waals surface area contributed by atoms with Crippen molar-refractivity contribution < 1.29 is 21.6 Å². The van der Waals surface area contributed by atoms with Crippen molar-refractivity contribution in [3.05, 3.63) is 54.1 Å². The Morgan fingerprint density at radius 3 is 1.74 bits per heavy atom. The van der Waals surface area contributed by atoms with Crippen LogP contribution in [0.4, 0.5) is 5.69 Å². The Bertz CT molecular complexity index is 1210. The maximum atomic E-state index is 12.9. The predicted molar refractivity (Wildman–Crippen MR) is 130 cm³/mol. The van der Waals surface area contributed by atoms with Crippen molar-refractivity contribution in [2.75, 3.05) is 31.5 Å². The van der Waals surface area contributed by atoms with Crippen molar-refractivity contribution in [1.29, 1.82) is 0 Å². The van der Waals surface area contributed by atoms with E-state index in [0.717, 1.165) is 24.8 Å². The molecule has 0 spiro atoms. The lowest BCUT2D eigenvalue weighted by molar-refractivity contribution is -0.120. The van der Waals surface area contributed by atoms with E-state index < -0.39 is 20.0 Å². The van der Waals surface area contributed by atoms with Crippen molar-refractivity contribution in [3.8, 4) is 0 Å². The summed E-state index contributed by atoms with van der Waals surface area (Å²) >= 11 is 0. The first-order valence-electron chi connectivity index (χ1n) is 11.7. The molecule has 0 bridgehead atoms. The average Bonchev–Trinajstić information content (AvgIpc) is 2.85. The smallest absolute Gasteiger partial charge is 0.243 e. The highest BCUT2D eigenvalue weighted by Crippen LogP contribution is 2.26. The highest BCUT2D eigenvalue weighted by molar-refractivity contribution is 7.89. The fourth-order valence-corrected chi connectivity index (χ4v) is 7.41. The van der Waals surface area contributed by atoms with Crippen LogP contribution in [0.3, 0.4) is 0 Å². The van der Waals surface area contributed by atoms with Gasteiger partial charge in [0.2, 0.25) is 26.0 Å². The Morgan fingerprint density at radius 1 is 0.735 bits per heavy atom. The number of nitrogens with one attached hydrogen (secondary N) is 1. The van der Waals surface area contributed by atoms with Gasteiger partial charge < -0.3 is 5.32 Å². The summed E-state index contributed by atoms with van der Waals surface area (Å²) in [6.07, 6.45) is 3.65. The molecule has 0 unspecified atom stereocenters. The van der Waals surface area contributed by atoms with E-state index in [0.29, 0.717) is 31.6 Å². The second-order valence-electron chi connectivity index (χ2n) is 8.97. The number of amides is 1. The van der Waals surface area contributed by atoms with Crippen molar-refractivity contribution in [2.45, 2.75) is 48.8 Å². The third-order valence-corrected chi connectivity index (χ3v) is 10.4. The highest BCUT2D eigenvalue weighted by atomic mass is 32.2. The molecule has 2 saturated heterocycles. The summed E-state index contributed by atoms with van der Waals surface area (Å²) in [5.74, 6) is -0.486. The van der Waals surface area contributed by atoms with E-state index in [1.54, 1.807) is 36.4 Å². The number of hydrogen-bond acceptors (Lipinski definition) is 5. The quantitative estimate of drug-likeness (QED) is 0.649. The minimum Gasteiger partial charge on any atom is -0.326 e. The SMILES string of the molecule is Cc1ccc(S(=O)(=O)N2CCC(C(=O)Nc3ccc(S(=O)(=O)N4CCCCC4)cc3)CC2)cc1. The molecule has 1 N–H and O–H groups in total. The molecule has 0 aliphatic carbocycles. The van der Waals surface area contributed by atoms with E-state index in [4.69, 9.17) is 0 Å². The van der Waals surface area contributed by atoms with E-state index >= 15 is 0 Å². The van der Waals surface area contributed by atoms with Crippen LogP contribution < -0.4 is 5.32 Å². The molecule has 8 nitrogen and oxygen atoms in total. The minimum absolute atomic E-state index is 0.181. The molecule has 1 amide bonds. The standard InChI is InChI=1S/C24H31N3O5S2/c1-19-5-9-22(10-6-19)34(31,32)27-17-13-20(14-18-27)24(28)25-21-7-11-23(12-8-21)33(29,30)26-15-3-2-4-16-26/h5-12,20H,2-4,13-18H2,1H3,(H,25,28). The monoisotopic (exact) mass is 505 g/mol. The molecule has 2 heterocycles. The van der Waals surface area contributed by atoms with Crippen LogP contribution >= 0.6 is 0 Å². The fourth-order valence-electron chi connectivity index (χ4n) is 4.43. The van der Waals surface area contributed by atoms with E-state index in [9.17, 15) is 21.6 Å². The molecule has 2 fully saturated rings. The molecule has 0 aromatic heterocycles. The molecular formula is C24H31N3O5S2. The number of aryl methyl sites for hydroxylation is 1. The molecule has 34 heavy (non-hydrogen) atoms. The van der Waals surface area contributed by atoms with Gasteiger partial charge in [0.25, 0.3) is 0 Å². The van der Waals surface area contributed by atoms with Gasteiger partial charge in [-0.3, -0.25) is 4.79 Å². The number of anilines is 1. The zero-order chi connectivity index (χ0) is 24.3. The van der Waals surface area contributed by atoms with Crippen LogP contribution in [0, 0.1) is 12.8 Å². The Labute approximate surface area is 202 Å². The van der Waals surface area contributed by atoms with Gasteiger partial charge in [-0.05, 0) is 69.0 Å². The zero-order valence-corrected chi connectivity index (χ0v) is 20.9. The molecule has 0 saturated carbocycles. The van der Waals surface area contributed by atoms with Crippen LogP contribution in [-0.4, -0.2) is 57.5 Å². The van der Waals surface area contributed by atoms with Crippen molar-refractivity contribution >= 4 is 31.6 Å². The van der Waals surface area contributed by atoms with E-state index in [1.807, 2.05) is 6.92 Å². The Morgan fingerprint density at radius 2 is 1.21 bits per heavy atom. The van der Waals surface area contributed by atoms with Gasteiger partial charge in [0.05, 0.1) is 9.79 Å². The number of carbonyl (C=O) groups is 1. The summed E-state index contributed by atoms with van der Waals surface area (Å²) in [6, 6.07) is 13.0. The zero-order valence-electron chi connectivity index (χ0n) is 19.3. The fraction of sp³-hybridized carbons (Fsp3) is 0.458. The van der Waals surface area contributed by atoms with Gasteiger partial charge in [0, 0.05) is 37.8 Å². The van der Waals surface area contributed by atoms with Crippen LogP contribution in [0.2, 0.25) is 0 Å². The van der Waals surface area contributed by atoms with Gasteiger partial charge in [-0.25, -0.2) is 16.8 Å². The molecule has 2 aromatic carbocycles. The van der Waals surface area contributed by atoms with Gasteiger partial charge in [-0.2, -0.15) is 8.61 Å². The first-order valence-corrected chi connectivity index (χ1v) is 14.5. The summed E-state index contributed by atoms with van der Waals surface area (Å²) in [6.45, 7) is 3.54. The molecule has 2 aromatic rings. The molecule has 0 atom stereocenters. The van der Waals surface area contributed by atoms with Gasteiger partial charge in [0.15, 0.2) is 0 Å². The second kappa shape index (κ2) is 10.2. The lowest BCUT2D eigenvalue weighted by Crippen LogP contribution is -2.41. The Kier molecular flexibility index (Phi) is 7.42. The first kappa shape index (κ1) is 24.8. The summed E-state index contributed by atoms with van der Waals surface area (Å²) in [5.41, 5.74) is 1.52. The summed E-state index contributed by atoms with van der Waals surface area (Å²) in [5, 5.41) is 2.85. The van der Waals surface area contributed by atoms with Crippen LogP contribution in [-0.2, 0) is 24.8 Å². The number of hydrogen-bond donors (Lipinski definition) is 1. The minimum atomic E-state index is -3.57. The lowest BCUT2D eigenvalue weighted by atomic mass is 9.97. The third kappa shape index (κ3) is 5.35. The molecule has 2 aliphatic heterocycles. The maximum absolute atomic E-state index is 12.9. The average molecular weight is 506 g/mol. The number of carbonyl (C=O) groups excluding carboxylic acids is 1. The van der Waals surface area contributed by atoms with Crippen LogP contribution in [0.25, 0.3) is 0 Å². The number of benzene rings is 2. The third-order valence-electron chi connectivity index (χ3n) is 6.56. The molecule has 10 heteroatoms. The molecular weight excluding hydrogens is 474 g/mol. The Hall–Kier alpha value is -2.27. The van der Waals surface area contributed by atoms with E-state index in [2.05, 4.69) is 5.32 Å². The van der Waals surface area contributed by atoms with Crippen LogP contribution in [0.1, 0.15) is 37.7 Å². The van der Waals surface area contributed by atoms with Gasteiger partial charge >= 0.3 is 0 Å². The highest BCUT2D eigenvalue weighted by Gasteiger charge is 2.32.